The largest absolute Gasteiger partial charge is 0.497 e. The molecule has 4 nitrogen and oxygen atoms in total. The molecule has 0 radical (unpaired) electrons. The van der Waals surface area contributed by atoms with Gasteiger partial charge in [-0.3, -0.25) is 0 Å². The van der Waals surface area contributed by atoms with Crippen LogP contribution in [0.25, 0.3) is 22.5 Å². The first-order chi connectivity index (χ1) is 10.7. The molecule has 0 aliphatic rings. The SMILES string of the molecule is COc1cccc(-c2noc(/C(Cl)=C/c3ccc(C)s3)n2)c1. The van der Waals surface area contributed by atoms with Crippen molar-refractivity contribution in [2.45, 2.75) is 6.92 Å². The summed E-state index contributed by atoms with van der Waals surface area (Å²) in [5.41, 5.74) is 0.811. The van der Waals surface area contributed by atoms with Gasteiger partial charge in [-0.05, 0) is 37.3 Å². The van der Waals surface area contributed by atoms with Gasteiger partial charge in [0, 0.05) is 15.3 Å². The molecule has 6 heteroatoms. The molecule has 3 aromatic rings. The first-order valence-electron chi connectivity index (χ1n) is 6.58. The summed E-state index contributed by atoms with van der Waals surface area (Å²) in [6, 6.07) is 11.5. The van der Waals surface area contributed by atoms with E-state index in [1.54, 1.807) is 18.4 Å². The molecule has 0 saturated carbocycles. The summed E-state index contributed by atoms with van der Waals surface area (Å²) in [5, 5.41) is 4.39. The minimum Gasteiger partial charge on any atom is -0.497 e. The number of aryl methyl sites for hydroxylation is 1. The van der Waals surface area contributed by atoms with Crippen molar-refractivity contribution < 1.29 is 9.26 Å². The van der Waals surface area contributed by atoms with E-state index in [2.05, 4.69) is 10.1 Å². The highest BCUT2D eigenvalue weighted by Crippen LogP contribution is 2.27. The summed E-state index contributed by atoms with van der Waals surface area (Å²) in [4.78, 5) is 6.60. The Morgan fingerprint density at radius 2 is 2.18 bits per heavy atom. The van der Waals surface area contributed by atoms with Gasteiger partial charge in [0.2, 0.25) is 5.82 Å². The maximum absolute atomic E-state index is 6.26. The molecule has 2 aromatic heterocycles. The number of hydrogen-bond donors (Lipinski definition) is 0. The van der Waals surface area contributed by atoms with Crippen molar-refractivity contribution in [3.63, 3.8) is 0 Å². The molecule has 2 heterocycles. The van der Waals surface area contributed by atoms with Gasteiger partial charge in [0.05, 0.1) is 7.11 Å². The predicted octanol–water partition coefficient (Wildman–Crippen LogP) is 4.85. The third-order valence-electron chi connectivity index (χ3n) is 2.99. The Kier molecular flexibility index (Phi) is 4.27. The zero-order valence-corrected chi connectivity index (χ0v) is 13.6. The van der Waals surface area contributed by atoms with Crippen molar-refractivity contribution >= 4 is 34.0 Å². The molecule has 112 valence electrons. The predicted molar refractivity (Wildman–Crippen MR) is 89.1 cm³/mol. The molecule has 0 aliphatic heterocycles. The average molecular weight is 333 g/mol. The Morgan fingerprint density at radius 3 is 2.91 bits per heavy atom. The van der Waals surface area contributed by atoms with Crippen LogP contribution in [0.2, 0.25) is 0 Å². The lowest BCUT2D eigenvalue weighted by molar-refractivity contribution is 0.409. The van der Waals surface area contributed by atoms with E-state index in [1.165, 1.54) is 4.88 Å². The summed E-state index contributed by atoms with van der Waals surface area (Å²) in [5.74, 6) is 1.51. The number of rotatable bonds is 4. The van der Waals surface area contributed by atoms with Gasteiger partial charge in [-0.2, -0.15) is 4.98 Å². The highest BCUT2D eigenvalue weighted by molar-refractivity contribution is 7.12. The molecule has 1 aromatic carbocycles. The fourth-order valence-electron chi connectivity index (χ4n) is 1.92. The van der Waals surface area contributed by atoms with Crippen LogP contribution in [-0.2, 0) is 0 Å². The summed E-state index contributed by atoms with van der Waals surface area (Å²) < 4.78 is 10.4. The summed E-state index contributed by atoms with van der Waals surface area (Å²) in [6.45, 7) is 2.05. The fraction of sp³-hybridized carbons (Fsp3) is 0.125. The summed E-state index contributed by atoms with van der Waals surface area (Å²) in [6.07, 6.45) is 1.82. The number of thiophene rings is 1. The first-order valence-corrected chi connectivity index (χ1v) is 7.77. The summed E-state index contributed by atoms with van der Waals surface area (Å²) in [7, 11) is 1.61. The zero-order valence-electron chi connectivity index (χ0n) is 12.0. The van der Waals surface area contributed by atoms with E-state index in [4.69, 9.17) is 20.9 Å². The standard InChI is InChI=1S/C16H13ClN2O2S/c1-10-6-7-13(22-10)9-14(17)16-18-15(19-21-16)11-4-3-5-12(8-11)20-2/h3-9H,1-2H3/b14-9-. The highest BCUT2D eigenvalue weighted by Gasteiger charge is 2.12. The average Bonchev–Trinajstić information content (AvgIpc) is 3.16. The molecule has 0 fully saturated rings. The van der Waals surface area contributed by atoms with Gasteiger partial charge in [0.1, 0.15) is 10.8 Å². The monoisotopic (exact) mass is 332 g/mol. The molecular weight excluding hydrogens is 320 g/mol. The number of halogens is 1. The van der Waals surface area contributed by atoms with Crippen molar-refractivity contribution in [2.75, 3.05) is 7.11 Å². The normalized spacial score (nSPS) is 11.7. The molecule has 0 atom stereocenters. The Morgan fingerprint density at radius 1 is 1.32 bits per heavy atom. The Labute approximate surface area is 137 Å². The minimum absolute atomic E-state index is 0.297. The van der Waals surface area contributed by atoms with Crippen LogP contribution in [0.3, 0.4) is 0 Å². The number of ether oxygens (including phenoxy) is 1. The lowest BCUT2D eigenvalue weighted by Crippen LogP contribution is -1.85. The molecule has 0 N–H and O–H groups in total. The second kappa shape index (κ2) is 6.34. The number of benzene rings is 1. The topological polar surface area (TPSA) is 48.2 Å². The van der Waals surface area contributed by atoms with Gasteiger partial charge in [-0.15, -0.1) is 11.3 Å². The molecule has 0 spiro atoms. The lowest BCUT2D eigenvalue weighted by atomic mass is 10.2. The smallest absolute Gasteiger partial charge is 0.269 e. The van der Waals surface area contributed by atoms with Crippen molar-refractivity contribution in [3.05, 3.63) is 52.0 Å². The molecule has 0 bridgehead atoms. The van der Waals surface area contributed by atoms with E-state index in [-0.39, 0.29) is 0 Å². The molecule has 0 amide bonds. The maximum Gasteiger partial charge on any atom is 0.269 e. The lowest BCUT2D eigenvalue weighted by Gasteiger charge is -1.99. The van der Waals surface area contributed by atoms with Crippen molar-refractivity contribution in [1.82, 2.24) is 10.1 Å². The third kappa shape index (κ3) is 3.21. The van der Waals surface area contributed by atoms with E-state index < -0.39 is 0 Å². The van der Waals surface area contributed by atoms with Crippen LogP contribution in [0.4, 0.5) is 0 Å². The third-order valence-corrected chi connectivity index (χ3v) is 4.21. The Bertz CT molecular complexity index is 823. The van der Waals surface area contributed by atoms with Crippen LogP contribution in [0.15, 0.2) is 40.9 Å². The van der Waals surface area contributed by atoms with Crippen LogP contribution >= 0.6 is 22.9 Å². The van der Waals surface area contributed by atoms with Crippen LogP contribution in [0.5, 0.6) is 5.75 Å². The summed E-state index contributed by atoms with van der Waals surface area (Å²) >= 11 is 7.91. The van der Waals surface area contributed by atoms with Gasteiger partial charge in [0.25, 0.3) is 5.89 Å². The van der Waals surface area contributed by atoms with Gasteiger partial charge >= 0.3 is 0 Å². The number of methoxy groups -OCH3 is 1. The number of aromatic nitrogens is 2. The molecule has 0 aliphatic carbocycles. The van der Waals surface area contributed by atoms with E-state index in [0.717, 1.165) is 16.2 Å². The molecule has 0 saturated heterocycles. The van der Waals surface area contributed by atoms with Crippen LogP contribution in [0, 0.1) is 6.92 Å². The fourth-order valence-corrected chi connectivity index (χ4v) is 3.00. The number of nitrogens with zero attached hydrogens (tertiary/aromatic N) is 2. The van der Waals surface area contributed by atoms with E-state index in [1.807, 2.05) is 49.4 Å². The minimum atomic E-state index is 0.297. The van der Waals surface area contributed by atoms with Crippen LogP contribution < -0.4 is 4.74 Å². The van der Waals surface area contributed by atoms with Crippen molar-refractivity contribution in [3.8, 4) is 17.1 Å². The van der Waals surface area contributed by atoms with Gasteiger partial charge < -0.3 is 9.26 Å². The van der Waals surface area contributed by atoms with E-state index in [9.17, 15) is 0 Å². The Hall–Kier alpha value is -2.11. The maximum atomic E-state index is 6.26. The van der Waals surface area contributed by atoms with Crippen LogP contribution in [-0.4, -0.2) is 17.3 Å². The second-order valence-corrected chi connectivity index (χ2v) is 6.32. The van der Waals surface area contributed by atoms with Crippen molar-refractivity contribution in [2.24, 2.45) is 0 Å². The first kappa shape index (κ1) is 14.8. The highest BCUT2D eigenvalue weighted by atomic mass is 35.5. The van der Waals surface area contributed by atoms with Crippen molar-refractivity contribution in [1.29, 1.82) is 0 Å². The van der Waals surface area contributed by atoms with Gasteiger partial charge in [0.15, 0.2) is 0 Å². The van der Waals surface area contributed by atoms with Gasteiger partial charge in [-0.1, -0.05) is 28.9 Å². The second-order valence-electron chi connectivity index (χ2n) is 4.60. The van der Waals surface area contributed by atoms with Gasteiger partial charge in [-0.25, -0.2) is 0 Å². The van der Waals surface area contributed by atoms with E-state index >= 15 is 0 Å². The molecular formula is C16H13ClN2O2S. The van der Waals surface area contributed by atoms with Crippen LogP contribution in [0.1, 0.15) is 15.6 Å². The number of hydrogen-bond acceptors (Lipinski definition) is 5. The molecule has 0 unspecified atom stereocenters. The quantitative estimate of drug-likeness (QED) is 0.685. The molecule has 22 heavy (non-hydrogen) atoms. The zero-order chi connectivity index (χ0) is 15.5. The Balaban J connectivity index is 1.88. The van der Waals surface area contributed by atoms with E-state index in [0.29, 0.717) is 16.7 Å². The molecule has 3 rings (SSSR count).